The number of thiophene rings is 1. The molecule has 1 amide bonds. The molecule has 1 atom stereocenters. The van der Waals surface area contributed by atoms with Gasteiger partial charge in [-0.15, -0.1) is 11.3 Å². The molecule has 3 saturated carbocycles. The first-order valence-electron chi connectivity index (χ1n) is 9.33. The standard InChI is InChI=1S/C20H26N2O2S/c1-24-18-15-4-2-3-5-17(15)25-19(18)20(23)22-11-10-21-16-12-13-6-8-14(16)9-7-13/h2-5,13-14,16,21H,6-12H2,1H3,(H,22,23). The predicted octanol–water partition coefficient (Wildman–Crippen LogP) is 3.81. The molecule has 1 unspecified atom stereocenters. The Morgan fingerprint density at radius 3 is 2.72 bits per heavy atom. The molecule has 3 fully saturated rings. The van der Waals surface area contributed by atoms with Gasteiger partial charge in [-0.25, -0.2) is 0 Å². The lowest BCUT2D eigenvalue weighted by atomic mass is 9.68. The second kappa shape index (κ2) is 7.34. The van der Waals surface area contributed by atoms with Crippen LogP contribution in [0.2, 0.25) is 0 Å². The molecule has 1 aromatic carbocycles. The van der Waals surface area contributed by atoms with Gasteiger partial charge in [0.25, 0.3) is 5.91 Å². The first-order chi connectivity index (χ1) is 12.3. The zero-order valence-corrected chi connectivity index (χ0v) is 15.5. The number of nitrogens with one attached hydrogen (secondary N) is 2. The van der Waals surface area contributed by atoms with E-state index in [4.69, 9.17) is 4.74 Å². The molecule has 5 heteroatoms. The third kappa shape index (κ3) is 3.40. The van der Waals surface area contributed by atoms with Crippen molar-refractivity contribution in [1.82, 2.24) is 10.6 Å². The summed E-state index contributed by atoms with van der Waals surface area (Å²) >= 11 is 1.50. The summed E-state index contributed by atoms with van der Waals surface area (Å²) in [7, 11) is 1.63. The Kier molecular flexibility index (Phi) is 4.95. The van der Waals surface area contributed by atoms with Crippen molar-refractivity contribution in [3.05, 3.63) is 29.1 Å². The summed E-state index contributed by atoms with van der Waals surface area (Å²) in [6.07, 6.45) is 6.93. The first kappa shape index (κ1) is 16.9. The van der Waals surface area contributed by atoms with Crippen LogP contribution >= 0.6 is 11.3 Å². The SMILES string of the molecule is COc1c(C(=O)NCCNC2CC3CCC2CC3)sc2ccccc12. The first-order valence-corrected chi connectivity index (χ1v) is 10.1. The summed E-state index contributed by atoms with van der Waals surface area (Å²) in [6, 6.07) is 8.64. The monoisotopic (exact) mass is 358 g/mol. The molecular formula is C20H26N2O2S. The average Bonchev–Trinajstić information content (AvgIpc) is 3.05. The van der Waals surface area contributed by atoms with E-state index < -0.39 is 0 Å². The smallest absolute Gasteiger partial charge is 0.265 e. The fourth-order valence-corrected chi connectivity index (χ4v) is 5.60. The number of hydrogen-bond donors (Lipinski definition) is 2. The molecule has 2 bridgehead atoms. The predicted molar refractivity (Wildman–Crippen MR) is 103 cm³/mol. The van der Waals surface area contributed by atoms with Crippen LogP contribution in [0.3, 0.4) is 0 Å². The molecule has 0 radical (unpaired) electrons. The van der Waals surface area contributed by atoms with Gasteiger partial charge in [0, 0.05) is 29.2 Å². The number of benzene rings is 1. The van der Waals surface area contributed by atoms with Crippen LogP contribution in [0.5, 0.6) is 5.75 Å². The van der Waals surface area contributed by atoms with Crippen molar-refractivity contribution in [2.75, 3.05) is 20.2 Å². The van der Waals surface area contributed by atoms with E-state index in [9.17, 15) is 4.79 Å². The van der Waals surface area contributed by atoms with E-state index in [0.29, 0.717) is 23.2 Å². The van der Waals surface area contributed by atoms with Crippen LogP contribution in [0.15, 0.2) is 24.3 Å². The van der Waals surface area contributed by atoms with Gasteiger partial charge in [0.15, 0.2) is 0 Å². The van der Waals surface area contributed by atoms with Crippen LogP contribution in [0.25, 0.3) is 10.1 Å². The van der Waals surface area contributed by atoms with E-state index in [-0.39, 0.29) is 5.91 Å². The van der Waals surface area contributed by atoms with Gasteiger partial charge >= 0.3 is 0 Å². The van der Waals surface area contributed by atoms with Gasteiger partial charge < -0.3 is 15.4 Å². The molecule has 25 heavy (non-hydrogen) atoms. The van der Waals surface area contributed by atoms with E-state index in [0.717, 1.165) is 28.5 Å². The van der Waals surface area contributed by atoms with Gasteiger partial charge in [-0.2, -0.15) is 0 Å². The highest BCUT2D eigenvalue weighted by atomic mass is 32.1. The second-order valence-corrected chi connectivity index (χ2v) is 8.35. The third-order valence-electron chi connectivity index (χ3n) is 5.83. The van der Waals surface area contributed by atoms with Crippen LogP contribution in [0.1, 0.15) is 41.8 Å². The fourth-order valence-electron chi connectivity index (χ4n) is 4.52. The molecule has 5 rings (SSSR count). The van der Waals surface area contributed by atoms with Crippen molar-refractivity contribution in [3.63, 3.8) is 0 Å². The lowest BCUT2D eigenvalue weighted by Crippen LogP contribution is -2.46. The maximum Gasteiger partial charge on any atom is 0.265 e. The van der Waals surface area contributed by atoms with Crippen LogP contribution in [0.4, 0.5) is 0 Å². The Labute approximate surface area is 152 Å². The lowest BCUT2D eigenvalue weighted by Gasteiger charge is -2.42. The van der Waals surface area contributed by atoms with Gasteiger partial charge in [-0.05, 0) is 43.2 Å². The highest BCUT2D eigenvalue weighted by Crippen LogP contribution is 2.41. The lowest BCUT2D eigenvalue weighted by molar-refractivity contribution is 0.0950. The molecule has 1 aromatic heterocycles. The average molecular weight is 359 g/mol. The van der Waals surface area contributed by atoms with E-state index in [2.05, 4.69) is 10.6 Å². The van der Waals surface area contributed by atoms with Gasteiger partial charge in [-0.1, -0.05) is 25.0 Å². The minimum Gasteiger partial charge on any atom is -0.494 e. The number of carbonyl (C=O) groups is 1. The maximum atomic E-state index is 12.6. The van der Waals surface area contributed by atoms with Crippen molar-refractivity contribution < 1.29 is 9.53 Å². The Balaban J connectivity index is 1.32. The van der Waals surface area contributed by atoms with Crippen molar-refractivity contribution in [1.29, 1.82) is 0 Å². The highest BCUT2D eigenvalue weighted by molar-refractivity contribution is 7.21. The maximum absolute atomic E-state index is 12.6. The quantitative estimate of drug-likeness (QED) is 0.772. The zero-order chi connectivity index (χ0) is 17.2. The molecule has 0 spiro atoms. The molecule has 134 valence electrons. The normalized spacial score (nSPS) is 25.2. The van der Waals surface area contributed by atoms with Crippen molar-refractivity contribution >= 4 is 27.3 Å². The molecule has 2 aromatic rings. The van der Waals surface area contributed by atoms with Crippen molar-refractivity contribution in [2.45, 2.75) is 38.1 Å². The molecule has 3 aliphatic carbocycles. The van der Waals surface area contributed by atoms with Gasteiger partial charge in [0.1, 0.15) is 10.6 Å². The summed E-state index contributed by atoms with van der Waals surface area (Å²) in [5.41, 5.74) is 0. The number of carbonyl (C=O) groups excluding carboxylic acids is 1. The van der Waals surface area contributed by atoms with Crippen LogP contribution in [0, 0.1) is 11.8 Å². The Hall–Kier alpha value is -1.59. The van der Waals surface area contributed by atoms with Crippen LogP contribution in [-0.4, -0.2) is 32.1 Å². The molecule has 0 saturated heterocycles. The second-order valence-electron chi connectivity index (χ2n) is 7.29. The van der Waals surface area contributed by atoms with E-state index in [1.165, 1.54) is 43.4 Å². The summed E-state index contributed by atoms with van der Waals surface area (Å²) in [5.74, 6) is 2.43. The molecule has 2 N–H and O–H groups in total. The number of methoxy groups -OCH3 is 1. The summed E-state index contributed by atoms with van der Waals surface area (Å²) in [5, 5.41) is 7.73. The zero-order valence-electron chi connectivity index (χ0n) is 14.7. The molecule has 1 heterocycles. The van der Waals surface area contributed by atoms with Crippen LogP contribution in [-0.2, 0) is 0 Å². The number of rotatable bonds is 6. The summed E-state index contributed by atoms with van der Waals surface area (Å²) in [4.78, 5) is 13.2. The minimum absolute atomic E-state index is 0.0370. The van der Waals surface area contributed by atoms with E-state index in [1.54, 1.807) is 7.11 Å². The van der Waals surface area contributed by atoms with Crippen molar-refractivity contribution in [3.8, 4) is 5.75 Å². The number of fused-ring (bicyclic) bond motifs is 4. The Morgan fingerprint density at radius 1 is 1.20 bits per heavy atom. The third-order valence-corrected chi connectivity index (χ3v) is 6.98. The van der Waals surface area contributed by atoms with Gasteiger partial charge in [-0.3, -0.25) is 4.79 Å². The number of hydrogen-bond acceptors (Lipinski definition) is 4. The van der Waals surface area contributed by atoms with Crippen molar-refractivity contribution in [2.24, 2.45) is 11.8 Å². The Morgan fingerprint density at radius 2 is 2.00 bits per heavy atom. The highest BCUT2D eigenvalue weighted by Gasteiger charge is 2.34. The van der Waals surface area contributed by atoms with E-state index >= 15 is 0 Å². The largest absolute Gasteiger partial charge is 0.494 e. The van der Waals surface area contributed by atoms with Crippen LogP contribution < -0.4 is 15.4 Å². The topological polar surface area (TPSA) is 50.4 Å². The molecule has 0 aliphatic heterocycles. The fraction of sp³-hybridized carbons (Fsp3) is 0.550. The summed E-state index contributed by atoms with van der Waals surface area (Å²) in [6.45, 7) is 1.50. The number of ether oxygens (including phenoxy) is 1. The Bertz CT molecular complexity index is 749. The molecule has 3 aliphatic rings. The molecule has 4 nitrogen and oxygen atoms in total. The van der Waals surface area contributed by atoms with Gasteiger partial charge in [0.2, 0.25) is 0 Å². The van der Waals surface area contributed by atoms with E-state index in [1.807, 2.05) is 24.3 Å². The molecular weight excluding hydrogens is 332 g/mol. The summed E-state index contributed by atoms with van der Waals surface area (Å²) < 4.78 is 6.57. The minimum atomic E-state index is -0.0370. The number of amides is 1. The van der Waals surface area contributed by atoms with Gasteiger partial charge in [0.05, 0.1) is 7.11 Å².